The molecule has 12 aromatic rings. The first-order valence-electron chi connectivity index (χ1n) is 24.9. The molecule has 0 amide bonds. The second-order valence-corrected chi connectivity index (χ2v) is 20.1. The van der Waals surface area contributed by atoms with Crippen LogP contribution in [-0.4, -0.2) is 0 Å². The van der Waals surface area contributed by atoms with Crippen molar-refractivity contribution >= 4 is 38.5 Å². The highest BCUT2D eigenvalue weighted by Gasteiger charge is 2.47. The van der Waals surface area contributed by atoms with Gasteiger partial charge in [-0.3, -0.25) is 0 Å². The average molecular weight is 934 g/mol. The molecule has 2 heteroatoms. The summed E-state index contributed by atoms with van der Waals surface area (Å²) in [5, 5.41) is 3.45. The molecule has 1 aromatic heterocycles. The van der Waals surface area contributed by atoms with Gasteiger partial charge >= 0.3 is 0 Å². The number of nitrogens with zero attached hydrogens (tertiary/aromatic N) is 1. The largest absolute Gasteiger partial charge is 0.310 e. The van der Waals surface area contributed by atoms with Crippen molar-refractivity contribution in [2.45, 2.75) is 10.8 Å². The molecular weight excluding hydrogens is 887 g/mol. The highest BCUT2D eigenvalue weighted by Crippen LogP contribution is 2.59. The molecule has 0 saturated carbocycles. The summed E-state index contributed by atoms with van der Waals surface area (Å²) in [6.45, 7) is 0. The van der Waals surface area contributed by atoms with Crippen molar-refractivity contribution in [3.63, 3.8) is 0 Å². The normalized spacial score (nSPS) is 13.5. The van der Waals surface area contributed by atoms with Gasteiger partial charge in [-0.15, -0.1) is 11.3 Å². The molecule has 0 saturated heterocycles. The molecule has 0 radical (unpaired) electrons. The van der Waals surface area contributed by atoms with E-state index in [0.717, 1.165) is 17.1 Å². The Morgan fingerprint density at radius 2 is 0.639 bits per heavy atom. The van der Waals surface area contributed by atoms with Crippen LogP contribution in [0.15, 0.2) is 284 Å². The number of hydrogen-bond donors (Lipinski definition) is 0. The average Bonchev–Trinajstić information content (AvgIpc) is 4.15. The van der Waals surface area contributed by atoms with Crippen LogP contribution in [0.25, 0.3) is 54.6 Å². The van der Waals surface area contributed by atoms with Crippen molar-refractivity contribution in [3.05, 3.63) is 329 Å². The lowest BCUT2D eigenvalue weighted by atomic mass is 9.67. The maximum Gasteiger partial charge on any atom is 0.0714 e. The lowest BCUT2D eigenvalue weighted by Gasteiger charge is -2.35. The minimum Gasteiger partial charge on any atom is -0.310 e. The predicted molar refractivity (Wildman–Crippen MR) is 302 cm³/mol. The van der Waals surface area contributed by atoms with Gasteiger partial charge in [-0.2, -0.15) is 0 Å². The summed E-state index contributed by atoms with van der Waals surface area (Å²) in [6, 6.07) is 104. The number of benzene rings is 11. The lowest BCUT2D eigenvalue weighted by Crippen LogP contribution is -2.28. The summed E-state index contributed by atoms with van der Waals surface area (Å²) >= 11 is 1.79. The number of thiophene rings is 1. The van der Waals surface area contributed by atoms with Crippen molar-refractivity contribution in [2.24, 2.45) is 0 Å². The molecule has 0 atom stereocenters. The molecule has 14 rings (SSSR count). The second kappa shape index (κ2) is 16.9. The molecule has 2 aliphatic carbocycles. The van der Waals surface area contributed by atoms with E-state index in [1.165, 1.54) is 99.1 Å². The van der Waals surface area contributed by atoms with Crippen molar-refractivity contribution in [1.82, 2.24) is 0 Å². The van der Waals surface area contributed by atoms with E-state index in [0.29, 0.717) is 0 Å². The smallest absolute Gasteiger partial charge is 0.0714 e. The van der Waals surface area contributed by atoms with Crippen LogP contribution < -0.4 is 4.90 Å². The second-order valence-electron chi connectivity index (χ2n) is 19.1. The van der Waals surface area contributed by atoms with Crippen molar-refractivity contribution in [3.8, 4) is 44.5 Å². The molecule has 0 fully saturated rings. The van der Waals surface area contributed by atoms with Crippen molar-refractivity contribution in [1.29, 1.82) is 0 Å². The van der Waals surface area contributed by atoms with Gasteiger partial charge in [0.2, 0.25) is 0 Å². The van der Waals surface area contributed by atoms with Gasteiger partial charge in [-0.25, -0.2) is 0 Å². The van der Waals surface area contributed by atoms with Crippen LogP contribution in [0.1, 0.15) is 44.5 Å². The molecule has 2 aliphatic rings. The van der Waals surface area contributed by atoms with E-state index in [9.17, 15) is 0 Å². The van der Waals surface area contributed by atoms with Crippen LogP contribution in [0.2, 0.25) is 0 Å². The summed E-state index contributed by atoms with van der Waals surface area (Å²) in [5.74, 6) is 0. The standard InChI is InChI=1S/C70H47NS/c1-5-17-53(18-6-1)69(54-19-7-2-8-20-54)64-27-15-13-25-60(64)62-40-33-51(46-66(62)69)49-31-37-58(38-32-49)71(57-35-29-48(30-36-57)50-34-42-68-52(45-50)43-44-72-68)59-39-41-63-61-26-14-16-28-65(61)70(67(63)47-59,55-21-9-3-10-22-55)56-23-11-4-12-24-56/h1-47H. The zero-order valence-corrected chi connectivity index (χ0v) is 40.3. The van der Waals surface area contributed by atoms with Gasteiger partial charge in [-0.05, 0) is 160 Å². The Balaban J connectivity index is 0.929. The van der Waals surface area contributed by atoms with E-state index in [1.54, 1.807) is 11.3 Å². The van der Waals surface area contributed by atoms with E-state index in [2.05, 4.69) is 289 Å². The first-order valence-corrected chi connectivity index (χ1v) is 25.8. The zero-order valence-electron chi connectivity index (χ0n) is 39.5. The van der Waals surface area contributed by atoms with Crippen molar-refractivity contribution in [2.75, 3.05) is 4.90 Å². The van der Waals surface area contributed by atoms with Crippen LogP contribution in [0, 0.1) is 0 Å². The molecule has 338 valence electrons. The SMILES string of the molecule is c1ccc(C2(c3ccccc3)c3ccccc3-c3ccc(-c4ccc(N(c5ccc(-c6ccc7sccc7c6)cc5)c5ccc6c(c5)C(c5ccccc5)(c5ccccc5)c5ccccc5-6)cc4)cc32)cc1. The minimum absolute atomic E-state index is 0.467. The van der Waals surface area contributed by atoms with Gasteiger partial charge in [0.1, 0.15) is 0 Å². The number of anilines is 3. The van der Waals surface area contributed by atoms with Gasteiger partial charge in [0.15, 0.2) is 0 Å². The molecule has 11 aromatic carbocycles. The minimum atomic E-state index is -0.522. The Labute approximate surface area is 425 Å². The molecule has 0 N–H and O–H groups in total. The van der Waals surface area contributed by atoms with Crippen LogP contribution >= 0.6 is 11.3 Å². The maximum atomic E-state index is 2.46. The quantitative estimate of drug-likeness (QED) is 0.139. The summed E-state index contributed by atoms with van der Waals surface area (Å²) < 4.78 is 1.31. The van der Waals surface area contributed by atoms with E-state index < -0.39 is 10.8 Å². The van der Waals surface area contributed by atoms with Gasteiger partial charge in [0.05, 0.1) is 10.8 Å². The third kappa shape index (κ3) is 6.39. The molecule has 72 heavy (non-hydrogen) atoms. The highest BCUT2D eigenvalue weighted by molar-refractivity contribution is 7.17. The first kappa shape index (κ1) is 42.1. The number of fused-ring (bicyclic) bond motifs is 7. The Morgan fingerprint density at radius 3 is 1.14 bits per heavy atom. The molecule has 1 heterocycles. The van der Waals surface area contributed by atoms with Crippen molar-refractivity contribution < 1.29 is 0 Å². The molecular formula is C70H47NS. The van der Waals surface area contributed by atoms with Gasteiger partial charge in [-0.1, -0.05) is 218 Å². The summed E-state index contributed by atoms with van der Waals surface area (Å²) in [7, 11) is 0. The van der Waals surface area contributed by atoms with Gasteiger partial charge < -0.3 is 4.90 Å². The fraction of sp³-hybridized carbons (Fsp3) is 0.0286. The predicted octanol–water partition coefficient (Wildman–Crippen LogP) is 18.4. The Hall–Kier alpha value is -8.82. The summed E-state index contributed by atoms with van der Waals surface area (Å²) in [6.07, 6.45) is 0. The third-order valence-electron chi connectivity index (χ3n) is 15.5. The van der Waals surface area contributed by atoms with E-state index >= 15 is 0 Å². The van der Waals surface area contributed by atoms with E-state index in [-0.39, 0.29) is 0 Å². The Morgan fingerprint density at radius 1 is 0.264 bits per heavy atom. The molecule has 0 unspecified atom stereocenters. The number of hydrogen-bond acceptors (Lipinski definition) is 2. The molecule has 0 bridgehead atoms. The van der Waals surface area contributed by atoms with E-state index in [4.69, 9.17) is 0 Å². The Bertz CT molecular complexity index is 3870. The molecule has 0 aliphatic heterocycles. The lowest BCUT2D eigenvalue weighted by molar-refractivity contribution is 0.768. The topological polar surface area (TPSA) is 3.24 Å². The third-order valence-corrected chi connectivity index (χ3v) is 16.4. The zero-order chi connectivity index (χ0) is 47.6. The van der Waals surface area contributed by atoms with Crippen LogP contribution in [-0.2, 0) is 10.8 Å². The fourth-order valence-electron chi connectivity index (χ4n) is 12.4. The first-order chi connectivity index (χ1) is 35.7. The van der Waals surface area contributed by atoms with Crippen LogP contribution in [0.4, 0.5) is 17.1 Å². The van der Waals surface area contributed by atoms with E-state index in [1.807, 2.05) is 0 Å². The summed E-state index contributed by atoms with van der Waals surface area (Å²) in [4.78, 5) is 2.44. The van der Waals surface area contributed by atoms with Gasteiger partial charge in [0, 0.05) is 21.8 Å². The fourth-order valence-corrected chi connectivity index (χ4v) is 13.2. The monoisotopic (exact) mass is 933 g/mol. The highest BCUT2D eigenvalue weighted by atomic mass is 32.1. The maximum absolute atomic E-state index is 2.46. The van der Waals surface area contributed by atoms with Crippen LogP contribution in [0.3, 0.4) is 0 Å². The van der Waals surface area contributed by atoms with Crippen LogP contribution in [0.5, 0.6) is 0 Å². The molecule has 0 spiro atoms. The number of rotatable bonds is 9. The van der Waals surface area contributed by atoms with Gasteiger partial charge in [0.25, 0.3) is 0 Å². The molecule has 1 nitrogen and oxygen atoms in total. The Kier molecular flexibility index (Phi) is 9.91. The summed E-state index contributed by atoms with van der Waals surface area (Å²) in [5.41, 5.74) is 22.4.